The van der Waals surface area contributed by atoms with Crippen LogP contribution in [0.2, 0.25) is 0 Å². The summed E-state index contributed by atoms with van der Waals surface area (Å²) in [4.78, 5) is 0. The molecule has 0 unspecified atom stereocenters. The number of hydrogen-bond acceptors (Lipinski definition) is 2. The topological polar surface area (TPSA) is 23.8 Å². The predicted molar refractivity (Wildman–Crippen MR) is 56.5 cm³/mol. The molecule has 0 atom stereocenters. The summed E-state index contributed by atoms with van der Waals surface area (Å²) in [6.45, 7) is 0. The molecular weight excluding hydrogens is 178 g/mol. The lowest BCUT2D eigenvalue weighted by molar-refractivity contribution is 1.54. The molecule has 0 amide bonds. The van der Waals surface area contributed by atoms with Gasteiger partial charge in [-0.15, -0.1) is 11.3 Å². The summed E-state index contributed by atoms with van der Waals surface area (Å²) in [7, 11) is 0. The van der Waals surface area contributed by atoms with Crippen LogP contribution >= 0.6 is 11.3 Å². The largest absolute Gasteiger partial charge is 0.193 e. The van der Waals surface area contributed by atoms with E-state index in [2.05, 4.69) is 17.5 Å². The van der Waals surface area contributed by atoms with Crippen LogP contribution in [0.1, 0.15) is 5.56 Å². The highest BCUT2D eigenvalue weighted by Crippen LogP contribution is 2.25. The molecule has 0 radical (unpaired) electrons. The minimum Gasteiger partial charge on any atom is -0.193 e. The highest BCUT2D eigenvalue weighted by Gasteiger charge is 1.97. The number of fused-ring (bicyclic) bond motifs is 1. The quantitative estimate of drug-likeness (QED) is 0.624. The van der Waals surface area contributed by atoms with Crippen LogP contribution in [0.4, 0.5) is 0 Å². The number of thiophene rings is 1. The summed E-state index contributed by atoms with van der Waals surface area (Å²) in [5.41, 5.74) is 1.12. The molecule has 2 aromatic rings. The summed E-state index contributed by atoms with van der Waals surface area (Å²) in [6, 6.07) is 10.2. The summed E-state index contributed by atoms with van der Waals surface area (Å²) in [5, 5.41) is 11.7. The third kappa shape index (κ3) is 1.47. The molecule has 0 aliphatic heterocycles. The lowest BCUT2D eigenvalue weighted by atomic mass is 10.1. The summed E-state index contributed by atoms with van der Waals surface area (Å²) < 4.78 is 1.24. The molecule has 0 bridgehead atoms. The molecule has 1 aromatic heterocycles. The van der Waals surface area contributed by atoms with Crippen LogP contribution in [-0.2, 0) is 0 Å². The third-order valence-corrected chi connectivity index (χ3v) is 2.83. The van der Waals surface area contributed by atoms with Gasteiger partial charge in [0.25, 0.3) is 0 Å². The van der Waals surface area contributed by atoms with Crippen molar-refractivity contribution >= 4 is 27.5 Å². The second-order valence-electron chi connectivity index (χ2n) is 2.65. The van der Waals surface area contributed by atoms with Crippen molar-refractivity contribution in [3.63, 3.8) is 0 Å². The summed E-state index contributed by atoms with van der Waals surface area (Å²) in [5.74, 6) is 0. The molecule has 1 heterocycles. The monoisotopic (exact) mass is 185 g/mol. The second-order valence-corrected chi connectivity index (χ2v) is 3.56. The summed E-state index contributed by atoms with van der Waals surface area (Å²) >= 11 is 1.70. The Morgan fingerprint density at radius 3 is 3.08 bits per heavy atom. The molecule has 13 heavy (non-hydrogen) atoms. The van der Waals surface area contributed by atoms with Gasteiger partial charge in [0.15, 0.2) is 0 Å². The maximum Gasteiger partial charge on any atom is 0.0912 e. The fourth-order valence-corrected chi connectivity index (χ4v) is 2.17. The molecule has 0 aliphatic carbocycles. The Kier molecular flexibility index (Phi) is 2.11. The second kappa shape index (κ2) is 3.42. The molecule has 2 heteroatoms. The van der Waals surface area contributed by atoms with Crippen molar-refractivity contribution < 1.29 is 0 Å². The van der Waals surface area contributed by atoms with Gasteiger partial charge in [0, 0.05) is 10.8 Å². The van der Waals surface area contributed by atoms with E-state index in [-0.39, 0.29) is 0 Å². The van der Waals surface area contributed by atoms with Gasteiger partial charge in [-0.25, -0.2) is 0 Å². The van der Waals surface area contributed by atoms with Gasteiger partial charge in [-0.3, -0.25) is 0 Å². The predicted octanol–water partition coefficient (Wildman–Crippen LogP) is 3.44. The van der Waals surface area contributed by atoms with E-state index >= 15 is 0 Å². The van der Waals surface area contributed by atoms with E-state index in [1.54, 1.807) is 11.3 Å². The first-order valence-electron chi connectivity index (χ1n) is 3.94. The standard InChI is InChI=1S/C11H7NS/c12-7-2-5-9-3-1-4-10-6-8-13-11(9)10/h1-6,8H. The zero-order chi connectivity index (χ0) is 9.10. The van der Waals surface area contributed by atoms with E-state index in [1.807, 2.05) is 24.3 Å². The van der Waals surface area contributed by atoms with Crippen LogP contribution < -0.4 is 0 Å². The molecule has 0 saturated carbocycles. The first kappa shape index (κ1) is 8.03. The number of allylic oxidation sites excluding steroid dienone is 1. The van der Waals surface area contributed by atoms with E-state index in [0.717, 1.165) is 5.56 Å². The van der Waals surface area contributed by atoms with Crippen molar-refractivity contribution in [1.82, 2.24) is 0 Å². The van der Waals surface area contributed by atoms with Gasteiger partial charge >= 0.3 is 0 Å². The van der Waals surface area contributed by atoms with Gasteiger partial charge in [0.05, 0.1) is 6.07 Å². The Morgan fingerprint density at radius 2 is 2.23 bits per heavy atom. The van der Waals surface area contributed by atoms with Gasteiger partial charge in [-0.1, -0.05) is 18.2 Å². The molecule has 0 fully saturated rings. The van der Waals surface area contributed by atoms with E-state index < -0.39 is 0 Å². The van der Waals surface area contributed by atoms with Crippen LogP contribution in [0, 0.1) is 11.3 Å². The highest BCUT2D eigenvalue weighted by atomic mass is 32.1. The molecule has 0 spiro atoms. The Balaban J connectivity index is 2.62. The Labute approximate surface area is 80.6 Å². The van der Waals surface area contributed by atoms with Crippen molar-refractivity contribution in [3.05, 3.63) is 41.3 Å². The van der Waals surface area contributed by atoms with Gasteiger partial charge in [0.1, 0.15) is 0 Å². The number of rotatable bonds is 1. The first-order valence-corrected chi connectivity index (χ1v) is 4.82. The maximum absolute atomic E-state index is 8.42. The maximum atomic E-state index is 8.42. The van der Waals surface area contributed by atoms with E-state index in [9.17, 15) is 0 Å². The average Bonchev–Trinajstić information content (AvgIpc) is 2.62. The zero-order valence-corrected chi connectivity index (χ0v) is 7.71. The van der Waals surface area contributed by atoms with Crippen LogP contribution in [-0.4, -0.2) is 0 Å². The highest BCUT2D eigenvalue weighted by molar-refractivity contribution is 7.17. The molecule has 1 aromatic carbocycles. The molecule has 2 rings (SSSR count). The molecule has 0 aliphatic rings. The fraction of sp³-hybridized carbons (Fsp3) is 0. The van der Waals surface area contributed by atoms with Gasteiger partial charge in [-0.05, 0) is 28.5 Å². The SMILES string of the molecule is N#CC=Cc1cccc2ccsc12. The van der Waals surface area contributed by atoms with Crippen molar-refractivity contribution in [3.8, 4) is 6.07 Å². The van der Waals surface area contributed by atoms with Crippen LogP contribution in [0.25, 0.3) is 16.2 Å². The Bertz CT molecular complexity index is 488. The van der Waals surface area contributed by atoms with Crippen LogP contribution in [0.15, 0.2) is 35.7 Å². The molecule has 62 valence electrons. The van der Waals surface area contributed by atoms with Gasteiger partial charge < -0.3 is 0 Å². The Morgan fingerprint density at radius 1 is 1.31 bits per heavy atom. The number of benzene rings is 1. The van der Waals surface area contributed by atoms with E-state index in [4.69, 9.17) is 5.26 Å². The summed E-state index contributed by atoms with van der Waals surface area (Å²) in [6.07, 6.45) is 3.35. The van der Waals surface area contributed by atoms with Crippen molar-refractivity contribution in [2.75, 3.05) is 0 Å². The van der Waals surface area contributed by atoms with E-state index in [1.165, 1.54) is 16.2 Å². The zero-order valence-electron chi connectivity index (χ0n) is 6.90. The van der Waals surface area contributed by atoms with Crippen LogP contribution in [0.5, 0.6) is 0 Å². The minimum atomic E-state index is 1.12. The third-order valence-electron chi connectivity index (χ3n) is 1.85. The molecule has 0 N–H and O–H groups in total. The van der Waals surface area contributed by atoms with Crippen LogP contribution in [0.3, 0.4) is 0 Å². The number of nitriles is 1. The van der Waals surface area contributed by atoms with Crippen molar-refractivity contribution in [2.24, 2.45) is 0 Å². The lowest BCUT2D eigenvalue weighted by Crippen LogP contribution is -1.70. The smallest absolute Gasteiger partial charge is 0.0912 e. The van der Waals surface area contributed by atoms with Crippen molar-refractivity contribution in [2.45, 2.75) is 0 Å². The molecular formula is C11H7NS. The van der Waals surface area contributed by atoms with Gasteiger partial charge in [0.2, 0.25) is 0 Å². The van der Waals surface area contributed by atoms with E-state index in [0.29, 0.717) is 0 Å². The Hall–Kier alpha value is -1.59. The first-order chi connectivity index (χ1) is 6.42. The molecule has 0 saturated heterocycles. The average molecular weight is 185 g/mol. The minimum absolute atomic E-state index is 1.12. The normalized spacial score (nSPS) is 10.7. The van der Waals surface area contributed by atoms with Crippen molar-refractivity contribution in [1.29, 1.82) is 5.26 Å². The van der Waals surface area contributed by atoms with Gasteiger partial charge in [-0.2, -0.15) is 5.26 Å². The number of hydrogen-bond donors (Lipinski definition) is 0. The fourth-order valence-electron chi connectivity index (χ4n) is 1.27. The lowest BCUT2D eigenvalue weighted by Gasteiger charge is -1.93. The number of nitrogens with zero attached hydrogens (tertiary/aromatic N) is 1. The molecule has 1 nitrogen and oxygen atoms in total.